The summed E-state index contributed by atoms with van der Waals surface area (Å²) in [5.74, 6) is 0.101. The molecule has 1 aliphatic heterocycles. The summed E-state index contributed by atoms with van der Waals surface area (Å²) in [6.45, 7) is 4.14. The molecule has 0 radical (unpaired) electrons. The van der Waals surface area contributed by atoms with Gasteiger partial charge in [-0.2, -0.15) is 0 Å². The van der Waals surface area contributed by atoms with E-state index in [0.717, 1.165) is 55.9 Å². The highest BCUT2D eigenvalue weighted by Gasteiger charge is 2.32. The molecule has 0 bridgehead atoms. The second-order valence-electron chi connectivity index (χ2n) is 10.8. The van der Waals surface area contributed by atoms with Crippen LogP contribution >= 0.6 is 0 Å². The minimum atomic E-state index is -1.18. The fourth-order valence-corrected chi connectivity index (χ4v) is 9.76. The van der Waals surface area contributed by atoms with Crippen molar-refractivity contribution in [3.05, 3.63) is 29.3 Å². The van der Waals surface area contributed by atoms with Gasteiger partial charge in [-0.1, -0.05) is 76.9 Å². The van der Waals surface area contributed by atoms with E-state index >= 15 is 0 Å². The summed E-state index contributed by atoms with van der Waals surface area (Å²) in [5.41, 5.74) is 0.742. The van der Waals surface area contributed by atoms with Crippen LogP contribution in [0.5, 0.6) is 5.75 Å². The van der Waals surface area contributed by atoms with Crippen LogP contribution < -0.4 is 4.74 Å². The smallest absolute Gasteiger partial charge is 0.190 e. The Hall–Kier alpha value is -0.973. The minimum Gasteiger partial charge on any atom is -0.485 e. The Morgan fingerprint density at radius 1 is 0.879 bits per heavy atom. The van der Waals surface area contributed by atoms with E-state index < -0.39 is 32.4 Å². The van der Waals surface area contributed by atoms with Gasteiger partial charge in [0.05, 0.1) is 0 Å². The molecule has 2 aliphatic rings. The Balaban J connectivity index is 1.46. The number of benzene rings is 1. The van der Waals surface area contributed by atoms with Gasteiger partial charge in [0.25, 0.3) is 0 Å². The first-order chi connectivity index (χ1) is 16.0. The van der Waals surface area contributed by atoms with E-state index in [2.05, 4.69) is 13.8 Å². The molecule has 1 atom stereocenters. The van der Waals surface area contributed by atoms with E-state index in [4.69, 9.17) is 4.74 Å². The highest BCUT2D eigenvalue weighted by Crippen LogP contribution is 2.44. The third-order valence-electron chi connectivity index (χ3n) is 8.30. The standard InChI is InChI=1S/C28H45F3OSi/c1-3-5-6-7-8-25(29)20-32-28-26(30)18-24(19-27(28)31)22-11-9-21(10-12-22)23-13-16-33(15-4-2)17-14-23/h18-19,21-23,25,33H,3-17,20H2,1-2H3/t21?,22?,23-,25-,33-/m1/s1. The maximum atomic E-state index is 14.7. The number of unbranched alkanes of at least 4 members (excludes halogenated alkanes) is 3. The van der Waals surface area contributed by atoms with E-state index in [1.165, 1.54) is 62.4 Å². The minimum absolute atomic E-state index is 0.220. The van der Waals surface area contributed by atoms with Crippen LogP contribution in [0.25, 0.3) is 0 Å². The summed E-state index contributed by atoms with van der Waals surface area (Å²) in [6.07, 6.45) is 11.7. The molecule has 1 aromatic rings. The van der Waals surface area contributed by atoms with Crippen molar-refractivity contribution < 1.29 is 17.9 Å². The van der Waals surface area contributed by atoms with Gasteiger partial charge in [0, 0.05) is 8.80 Å². The summed E-state index contributed by atoms with van der Waals surface area (Å²) < 4.78 is 48.6. The van der Waals surface area contributed by atoms with Crippen molar-refractivity contribution in [1.29, 1.82) is 0 Å². The predicted molar refractivity (Wildman–Crippen MR) is 135 cm³/mol. The lowest BCUT2D eigenvalue weighted by molar-refractivity contribution is 0.173. The average Bonchev–Trinajstić information content (AvgIpc) is 2.82. The number of ether oxygens (including phenoxy) is 1. The molecule has 0 N–H and O–H groups in total. The molecule has 33 heavy (non-hydrogen) atoms. The molecule has 2 fully saturated rings. The molecule has 188 valence electrons. The summed E-state index contributed by atoms with van der Waals surface area (Å²) >= 11 is 0. The lowest BCUT2D eigenvalue weighted by Gasteiger charge is -2.37. The van der Waals surface area contributed by atoms with Crippen LogP contribution in [0.2, 0.25) is 18.1 Å². The molecular formula is C28H45F3OSi. The Morgan fingerprint density at radius 2 is 1.52 bits per heavy atom. The quantitative estimate of drug-likeness (QED) is 0.213. The van der Waals surface area contributed by atoms with Gasteiger partial charge in [-0.3, -0.25) is 0 Å². The molecule has 1 nitrogen and oxygen atoms in total. The number of halogens is 3. The molecule has 0 unspecified atom stereocenters. The molecule has 1 saturated carbocycles. The summed E-state index contributed by atoms with van der Waals surface area (Å²) in [6, 6.07) is 7.42. The molecule has 0 amide bonds. The van der Waals surface area contributed by atoms with Gasteiger partial charge in [0.15, 0.2) is 17.4 Å². The van der Waals surface area contributed by atoms with Gasteiger partial charge < -0.3 is 4.74 Å². The topological polar surface area (TPSA) is 9.23 Å². The number of hydrogen-bond acceptors (Lipinski definition) is 1. The molecular weight excluding hydrogens is 437 g/mol. The van der Waals surface area contributed by atoms with Crippen molar-refractivity contribution in [3.63, 3.8) is 0 Å². The zero-order valence-corrected chi connectivity index (χ0v) is 22.1. The van der Waals surface area contributed by atoms with Crippen LogP contribution in [0.1, 0.15) is 102 Å². The van der Waals surface area contributed by atoms with Gasteiger partial charge in [0.1, 0.15) is 12.8 Å². The first kappa shape index (κ1) is 26.6. The van der Waals surface area contributed by atoms with Crippen LogP contribution in [0.3, 0.4) is 0 Å². The van der Waals surface area contributed by atoms with Crippen molar-refractivity contribution in [3.8, 4) is 5.75 Å². The van der Waals surface area contributed by atoms with E-state index in [1.54, 1.807) is 0 Å². The zero-order valence-electron chi connectivity index (χ0n) is 20.9. The van der Waals surface area contributed by atoms with Crippen LogP contribution in [0.4, 0.5) is 13.2 Å². The second kappa shape index (κ2) is 13.8. The third kappa shape index (κ3) is 8.04. The fraction of sp³-hybridized carbons (Fsp3) is 0.786. The second-order valence-corrected chi connectivity index (χ2v) is 14.2. The third-order valence-corrected chi connectivity index (χ3v) is 12.0. The molecule has 1 saturated heterocycles. The summed E-state index contributed by atoms with van der Waals surface area (Å²) in [7, 11) is -0.437. The molecule has 1 aliphatic carbocycles. The van der Waals surface area contributed by atoms with Gasteiger partial charge in [0.2, 0.25) is 0 Å². The fourth-order valence-electron chi connectivity index (χ4n) is 6.28. The van der Waals surface area contributed by atoms with E-state index in [-0.39, 0.29) is 12.5 Å². The lowest BCUT2D eigenvalue weighted by atomic mass is 9.72. The van der Waals surface area contributed by atoms with Gasteiger partial charge >= 0.3 is 0 Å². The normalized spacial score (nSPS) is 26.8. The molecule has 0 aromatic heterocycles. The largest absolute Gasteiger partial charge is 0.485 e. The van der Waals surface area contributed by atoms with Crippen molar-refractivity contribution in [2.75, 3.05) is 6.61 Å². The van der Waals surface area contributed by atoms with E-state index in [0.29, 0.717) is 6.42 Å². The van der Waals surface area contributed by atoms with Crippen LogP contribution in [-0.2, 0) is 0 Å². The number of hydrogen-bond donors (Lipinski definition) is 0. The molecule has 1 heterocycles. The van der Waals surface area contributed by atoms with E-state index in [1.807, 2.05) is 0 Å². The maximum absolute atomic E-state index is 14.7. The first-order valence-corrected chi connectivity index (χ1v) is 16.2. The Morgan fingerprint density at radius 3 is 2.12 bits per heavy atom. The van der Waals surface area contributed by atoms with Gasteiger partial charge in [-0.05, 0) is 67.6 Å². The monoisotopic (exact) mass is 482 g/mol. The number of rotatable bonds is 12. The van der Waals surface area contributed by atoms with Gasteiger partial charge in [-0.25, -0.2) is 13.2 Å². The highest BCUT2D eigenvalue weighted by molar-refractivity contribution is 6.58. The van der Waals surface area contributed by atoms with Crippen molar-refractivity contribution in [2.45, 2.75) is 121 Å². The SMILES string of the molecule is CCCCCC[C@@H](F)COc1c(F)cc(C2CCC([C@H]3CC[Si@H](CCC)CC3)CC2)cc1F. The Kier molecular flexibility index (Phi) is 11.1. The lowest BCUT2D eigenvalue weighted by Crippen LogP contribution is -2.28. The molecule has 3 rings (SSSR count). The Labute approximate surface area is 201 Å². The maximum Gasteiger partial charge on any atom is 0.190 e. The van der Waals surface area contributed by atoms with Crippen molar-refractivity contribution >= 4 is 8.80 Å². The predicted octanol–water partition coefficient (Wildman–Crippen LogP) is 8.97. The molecule has 0 spiro atoms. The van der Waals surface area contributed by atoms with Crippen molar-refractivity contribution in [1.82, 2.24) is 0 Å². The van der Waals surface area contributed by atoms with Crippen LogP contribution in [-0.4, -0.2) is 21.6 Å². The van der Waals surface area contributed by atoms with Crippen LogP contribution in [0, 0.1) is 23.5 Å². The average molecular weight is 483 g/mol. The number of alkyl halides is 1. The summed E-state index contributed by atoms with van der Waals surface area (Å²) in [5, 5.41) is 0. The highest BCUT2D eigenvalue weighted by atomic mass is 28.3. The van der Waals surface area contributed by atoms with Gasteiger partial charge in [-0.15, -0.1) is 0 Å². The zero-order chi connectivity index (χ0) is 23.6. The van der Waals surface area contributed by atoms with E-state index in [9.17, 15) is 13.2 Å². The van der Waals surface area contributed by atoms with Crippen LogP contribution in [0.15, 0.2) is 12.1 Å². The molecule has 1 aromatic carbocycles. The Bertz CT molecular complexity index is 673. The van der Waals surface area contributed by atoms with Crippen molar-refractivity contribution in [2.24, 2.45) is 11.8 Å². The molecule has 5 heteroatoms. The first-order valence-electron chi connectivity index (χ1n) is 13.8. The summed E-state index contributed by atoms with van der Waals surface area (Å²) in [4.78, 5) is 0.